The monoisotopic (exact) mass is 309 g/mol. The number of aromatic nitrogens is 2. The summed E-state index contributed by atoms with van der Waals surface area (Å²) in [6.45, 7) is 1.68. The van der Waals surface area contributed by atoms with Crippen LogP contribution in [-0.4, -0.2) is 32.1 Å². The van der Waals surface area contributed by atoms with Gasteiger partial charge in [0.2, 0.25) is 0 Å². The molecule has 1 aliphatic rings. The van der Waals surface area contributed by atoms with Crippen molar-refractivity contribution in [2.24, 2.45) is 13.0 Å². The molecule has 2 atom stereocenters. The maximum absolute atomic E-state index is 12.3. The van der Waals surface area contributed by atoms with E-state index in [1.807, 2.05) is 0 Å². The van der Waals surface area contributed by atoms with Crippen LogP contribution in [0.5, 0.6) is 0 Å². The van der Waals surface area contributed by atoms with E-state index in [0.29, 0.717) is 12.8 Å². The van der Waals surface area contributed by atoms with Crippen molar-refractivity contribution in [1.82, 2.24) is 14.9 Å². The minimum atomic E-state index is -0.961. The van der Waals surface area contributed by atoms with Crippen molar-refractivity contribution in [3.63, 3.8) is 0 Å². The highest BCUT2D eigenvalue weighted by Gasteiger charge is 2.42. The van der Waals surface area contributed by atoms with Gasteiger partial charge in [0, 0.05) is 13.2 Å². The lowest BCUT2D eigenvalue weighted by Gasteiger charge is -2.39. The first-order valence-electron chi connectivity index (χ1n) is 7.10. The lowest BCUT2D eigenvalue weighted by Crippen LogP contribution is -2.56. The third-order valence-electron chi connectivity index (χ3n) is 4.33. The summed E-state index contributed by atoms with van der Waals surface area (Å²) in [5, 5.41) is 12.0. The Morgan fingerprint density at radius 2 is 2.09 bits per heavy atom. The third kappa shape index (κ3) is 2.81. The second-order valence-corrected chi connectivity index (χ2v) is 5.88. The van der Waals surface area contributed by atoms with Crippen molar-refractivity contribution in [2.75, 3.05) is 0 Å². The third-order valence-corrected chi connectivity index (χ3v) is 4.33. The molecule has 1 aromatic heterocycles. The minimum Gasteiger partial charge on any atom is -0.481 e. The quantitative estimate of drug-likeness (QED) is 0.716. The molecular formula is C14H19N3O5. The molecule has 0 radical (unpaired) electrons. The average molecular weight is 309 g/mol. The average Bonchev–Trinajstić information content (AvgIpc) is 2.44. The molecule has 1 aromatic rings. The van der Waals surface area contributed by atoms with Gasteiger partial charge in [-0.05, 0) is 19.8 Å². The van der Waals surface area contributed by atoms with E-state index >= 15 is 0 Å². The van der Waals surface area contributed by atoms with E-state index in [4.69, 9.17) is 0 Å². The van der Waals surface area contributed by atoms with Gasteiger partial charge in [-0.15, -0.1) is 0 Å². The van der Waals surface area contributed by atoms with Crippen LogP contribution in [0.4, 0.5) is 0 Å². The zero-order valence-electron chi connectivity index (χ0n) is 12.5. The van der Waals surface area contributed by atoms with Crippen molar-refractivity contribution in [1.29, 1.82) is 0 Å². The number of H-pyrrole nitrogens is 1. The first-order valence-corrected chi connectivity index (χ1v) is 7.10. The Bertz CT molecular complexity index is 720. The Morgan fingerprint density at radius 1 is 1.41 bits per heavy atom. The maximum atomic E-state index is 12.3. The predicted molar refractivity (Wildman–Crippen MR) is 77.8 cm³/mol. The van der Waals surface area contributed by atoms with E-state index in [1.165, 1.54) is 7.05 Å². The van der Waals surface area contributed by atoms with Crippen LogP contribution >= 0.6 is 0 Å². The number of nitrogens with zero attached hydrogens (tertiary/aromatic N) is 1. The minimum absolute atomic E-state index is 0.210. The highest BCUT2D eigenvalue weighted by Crippen LogP contribution is 2.33. The van der Waals surface area contributed by atoms with Crippen LogP contribution in [0.25, 0.3) is 0 Å². The molecule has 8 nitrogen and oxygen atoms in total. The van der Waals surface area contributed by atoms with Gasteiger partial charge in [0.1, 0.15) is 5.56 Å². The summed E-state index contributed by atoms with van der Waals surface area (Å²) in [5.41, 5.74) is -2.46. The van der Waals surface area contributed by atoms with Crippen LogP contribution in [0.3, 0.4) is 0 Å². The molecule has 22 heavy (non-hydrogen) atoms. The largest absolute Gasteiger partial charge is 0.481 e. The highest BCUT2D eigenvalue weighted by atomic mass is 16.4. The van der Waals surface area contributed by atoms with Crippen molar-refractivity contribution >= 4 is 11.9 Å². The number of amides is 1. The molecule has 0 bridgehead atoms. The van der Waals surface area contributed by atoms with E-state index < -0.39 is 34.6 Å². The predicted octanol–water partition coefficient (Wildman–Crippen LogP) is -0.163. The summed E-state index contributed by atoms with van der Waals surface area (Å²) >= 11 is 0. The number of hydrogen-bond acceptors (Lipinski definition) is 4. The molecule has 0 unspecified atom stereocenters. The highest BCUT2D eigenvalue weighted by molar-refractivity contribution is 5.94. The molecular weight excluding hydrogens is 290 g/mol. The summed E-state index contributed by atoms with van der Waals surface area (Å²) < 4.78 is 0.798. The summed E-state index contributed by atoms with van der Waals surface area (Å²) in [4.78, 5) is 49.3. The maximum Gasteiger partial charge on any atom is 0.328 e. The Labute approximate surface area is 126 Å². The van der Waals surface area contributed by atoms with Gasteiger partial charge in [-0.1, -0.05) is 12.8 Å². The van der Waals surface area contributed by atoms with E-state index in [1.54, 1.807) is 6.92 Å². The number of rotatable bonds is 3. The molecule has 1 heterocycles. The van der Waals surface area contributed by atoms with Gasteiger partial charge in [0.15, 0.2) is 0 Å². The van der Waals surface area contributed by atoms with Crippen LogP contribution < -0.4 is 16.6 Å². The fourth-order valence-corrected chi connectivity index (χ4v) is 2.93. The standard InChI is InChI=1S/C14H19N3O5/c1-14(6-4-3-5-9(14)12(20)21)16-10(18)8-7-15-13(22)17(2)11(8)19/h7,9H,3-6H2,1-2H3,(H,15,22)(H,16,18)(H,20,21)/t9-,14+/m1/s1. The number of aliphatic carboxylic acids is 1. The molecule has 2 rings (SSSR count). The van der Waals surface area contributed by atoms with Crippen molar-refractivity contribution in [3.05, 3.63) is 32.6 Å². The summed E-state index contributed by atoms with van der Waals surface area (Å²) in [7, 11) is 1.26. The molecule has 3 N–H and O–H groups in total. The smallest absolute Gasteiger partial charge is 0.328 e. The molecule has 1 saturated carbocycles. The zero-order chi connectivity index (χ0) is 16.5. The normalized spacial score (nSPS) is 24.7. The molecule has 1 fully saturated rings. The Kier molecular flexibility index (Phi) is 4.20. The number of carboxylic acids is 1. The summed E-state index contributed by atoms with van der Waals surface area (Å²) in [6.07, 6.45) is 3.67. The molecule has 1 aliphatic carbocycles. The zero-order valence-corrected chi connectivity index (χ0v) is 12.5. The van der Waals surface area contributed by atoms with Gasteiger partial charge in [0.05, 0.1) is 11.5 Å². The Hall–Kier alpha value is -2.38. The lowest BCUT2D eigenvalue weighted by molar-refractivity contribution is -0.145. The van der Waals surface area contributed by atoms with E-state index in [0.717, 1.165) is 23.6 Å². The number of carbonyl (C=O) groups is 2. The van der Waals surface area contributed by atoms with E-state index in [9.17, 15) is 24.3 Å². The van der Waals surface area contributed by atoms with Crippen LogP contribution in [0, 0.1) is 5.92 Å². The molecule has 0 saturated heterocycles. The molecule has 8 heteroatoms. The first kappa shape index (κ1) is 16.0. The second-order valence-electron chi connectivity index (χ2n) is 5.88. The topological polar surface area (TPSA) is 121 Å². The summed E-state index contributed by atoms with van der Waals surface area (Å²) in [6, 6.07) is 0. The number of nitrogens with one attached hydrogen (secondary N) is 2. The van der Waals surface area contributed by atoms with E-state index in [2.05, 4.69) is 10.3 Å². The van der Waals surface area contributed by atoms with Crippen LogP contribution in [0.1, 0.15) is 43.0 Å². The molecule has 0 aliphatic heterocycles. The number of aromatic amines is 1. The van der Waals surface area contributed by atoms with Gasteiger partial charge < -0.3 is 15.4 Å². The van der Waals surface area contributed by atoms with Gasteiger partial charge in [-0.3, -0.25) is 19.0 Å². The fourth-order valence-electron chi connectivity index (χ4n) is 2.93. The van der Waals surface area contributed by atoms with Crippen molar-refractivity contribution in [2.45, 2.75) is 38.1 Å². The molecule has 1 amide bonds. The van der Waals surface area contributed by atoms with Crippen LogP contribution in [0.15, 0.2) is 15.8 Å². The lowest BCUT2D eigenvalue weighted by atomic mass is 9.74. The summed E-state index contributed by atoms with van der Waals surface area (Å²) in [5.74, 6) is -2.33. The Balaban J connectivity index is 2.31. The molecule has 0 spiro atoms. The first-order chi connectivity index (χ1) is 10.3. The van der Waals surface area contributed by atoms with Crippen LogP contribution in [0.2, 0.25) is 0 Å². The van der Waals surface area contributed by atoms with Crippen LogP contribution in [-0.2, 0) is 11.8 Å². The molecule has 0 aromatic carbocycles. The molecule has 120 valence electrons. The second kappa shape index (κ2) is 5.78. The van der Waals surface area contributed by atoms with E-state index in [-0.39, 0.29) is 5.56 Å². The van der Waals surface area contributed by atoms with Gasteiger partial charge in [-0.25, -0.2) is 4.79 Å². The SMILES string of the molecule is Cn1c(=O)[nH]cc(C(=O)N[C@@]2(C)CCCC[C@@H]2C(=O)O)c1=O. The van der Waals surface area contributed by atoms with Gasteiger partial charge in [0.25, 0.3) is 11.5 Å². The fraction of sp³-hybridized carbons (Fsp3) is 0.571. The van der Waals surface area contributed by atoms with Gasteiger partial charge >= 0.3 is 11.7 Å². The van der Waals surface area contributed by atoms with Crippen molar-refractivity contribution < 1.29 is 14.7 Å². The Morgan fingerprint density at radius 3 is 2.73 bits per heavy atom. The number of hydrogen-bond donors (Lipinski definition) is 3. The number of carboxylic acid groups (broad SMARTS) is 1. The number of carbonyl (C=O) groups excluding carboxylic acids is 1. The van der Waals surface area contributed by atoms with Gasteiger partial charge in [-0.2, -0.15) is 0 Å². The van der Waals surface area contributed by atoms with Crippen molar-refractivity contribution in [3.8, 4) is 0 Å².